The molecule has 0 aliphatic heterocycles. The molecule has 19 heavy (non-hydrogen) atoms. The van der Waals surface area contributed by atoms with Crippen LogP contribution >= 0.6 is 0 Å². The Morgan fingerprint density at radius 3 is 2.63 bits per heavy atom. The van der Waals surface area contributed by atoms with Crippen molar-refractivity contribution < 1.29 is 22.4 Å². The van der Waals surface area contributed by atoms with E-state index in [1.807, 2.05) is 0 Å². The van der Waals surface area contributed by atoms with Crippen molar-refractivity contribution >= 4 is 11.7 Å². The second-order valence-corrected chi connectivity index (χ2v) is 4.37. The van der Waals surface area contributed by atoms with E-state index in [4.69, 9.17) is 5.73 Å². The average molecular weight is 277 g/mol. The van der Waals surface area contributed by atoms with E-state index >= 15 is 0 Å². The molecule has 1 aliphatic rings. The largest absolute Gasteiger partial charge is 0.406 e. The van der Waals surface area contributed by atoms with E-state index in [0.29, 0.717) is 17.7 Å². The monoisotopic (exact) mass is 277 g/mol. The van der Waals surface area contributed by atoms with Crippen LogP contribution in [0.5, 0.6) is 0 Å². The van der Waals surface area contributed by atoms with Crippen LogP contribution in [0.4, 0.5) is 23.4 Å². The number of alkyl halides is 3. The lowest BCUT2D eigenvalue weighted by Gasteiger charge is -2.24. The molecule has 0 spiro atoms. The zero-order chi connectivity index (χ0) is 14.2. The van der Waals surface area contributed by atoms with Gasteiger partial charge in [-0.2, -0.15) is 13.2 Å². The summed E-state index contributed by atoms with van der Waals surface area (Å²) >= 11 is 0. The van der Waals surface area contributed by atoms with E-state index < -0.39 is 30.5 Å². The Hall–Kier alpha value is -1.86. The lowest BCUT2D eigenvalue weighted by molar-refractivity contribution is -0.141. The molecule has 1 aromatic rings. The molecule has 2 N–H and O–H groups in total. The number of amides is 1. The zero-order valence-electron chi connectivity index (χ0n) is 9.75. The van der Waals surface area contributed by atoms with Crippen molar-refractivity contribution in [2.24, 2.45) is 0 Å². The van der Waals surface area contributed by atoms with Gasteiger partial charge < -0.3 is 10.6 Å². The Kier molecular flexibility index (Phi) is 3.34. The molecular formula is C11H11F4N3O. The Bertz CT molecular complexity index is 499. The molecule has 4 nitrogen and oxygen atoms in total. The number of aromatic nitrogens is 1. The number of rotatable bonds is 3. The van der Waals surface area contributed by atoms with Crippen LogP contribution in [0.1, 0.15) is 23.2 Å². The van der Waals surface area contributed by atoms with Gasteiger partial charge in [0, 0.05) is 6.04 Å². The van der Waals surface area contributed by atoms with Crippen LogP contribution in [0.15, 0.2) is 12.3 Å². The predicted molar refractivity (Wildman–Crippen MR) is 58.7 cm³/mol. The molecular weight excluding hydrogens is 266 g/mol. The molecule has 0 atom stereocenters. The number of nitrogen functional groups attached to an aromatic ring is 1. The van der Waals surface area contributed by atoms with Gasteiger partial charge in [-0.05, 0) is 18.9 Å². The summed E-state index contributed by atoms with van der Waals surface area (Å²) in [6, 6.07) is 0.341. The van der Waals surface area contributed by atoms with Crippen LogP contribution in [0.25, 0.3) is 0 Å². The molecule has 2 rings (SSSR count). The maximum atomic E-state index is 13.0. The van der Waals surface area contributed by atoms with Crippen molar-refractivity contribution in [3.63, 3.8) is 0 Å². The van der Waals surface area contributed by atoms with Gasteiger partial charge in [-0.15, -0.1) is 0 Å². The lowest BCUT2D eigenvalue weighted by atomic mass is 10.2. The van der Waals surface area contributed by atoms with Gasteiger partial charge in [0.25, 0.3) is 5.91 Å². The number of nitrogens with zero attached hydrogens (tertiary/aromatic N) is 2. The first kappa shape index (κ1) is 13.6. The summed E-state index contributed by atoms with van der Waals surface area (Å²) in [5, 5.41) is 0. The number of carbonyl (C=O) groups excluding carboxylic acids is 1. The quantitative estimate of drug-likeness (QED) is 0.859. The first-order valence-corrected chi connectivity index (χ1v) is 5.56. The van der Waals surface area contributed by atoms with Gasteiger partial charge >= 0.3 is 6.18 Å². The van der Waals surface area contributed by atoms with Gasteiger partial charge in [0.15, 0.2) is 0 Å². The van der Waals surface area contributed by atoms with Crippen LogP contribution in [0.2, 0.25) is 0 Å². The van der Waals surface area contributed by atoms with Crippen LogP contribution in [0.3, 0.4) is 0 Å². The number of pyridine rings is 1. The molecule has 0 unspecified atom stereocenters. The van der Waals surface area contributed by atoms with Crippen molar-refractivity contribution in [2.45, 2.75) is 25.1 Å². The fourth-order valence-corrected chi connectivity index (χ4v) is 1.72. The highest BCUT2D eigenvalue weighted by Gasteiger charge is 2.41. The van der Waals surface area contributed by atoms with Crippen LogP contribution in [-0.2, 0) is 0 Å². The molecule has 1 fully saturated rings. The van der Waals surface area contributed by atoms with Crippen molar-refractivity contribution in [2.75, 3.05) is 12.3 Å². The minimum Gasteiger partial charge on any atom is -0.383 e. The number of nitrogens with two attached hydrogens (primary N) is 1. The molecule has 1 amide bonds. The smallest absolute Gasteiger partial charge is 0.383 e. The van der Waals surface area contributed by atoms with Gasteiger partial charge in [0.05, 0.1) is 11.8 Å². The van der Waals surface area contributed by atoms with Crippen LogP contribution in [0, 0.1) is 5.82 Å². The summed E-state index contributed by atoms with van der Waals surface area (Å²) in [6.45, 7) is -1.37. The second-order valence-electron chi connectivity index (χ2n) is 4.37. The predicted octanol–water partition coefficient (Wildman–Crippen LogP) is 1.97. The van der Waals surface area contributed by atoms with Crippen molar-refractivity contribution in [3.05, 3.63) is 23.6 Å². The van der Waals surface area contributed by atoms with Crippen molar-refractivity contribution in [1.82, 2.24) is 9.88 Å². The third-order valence-electron chi connectivity index (χ3n) is 2.71. The molecule has 0 radical (unpaired) electrons. The third-order valence-corrected chi connectivity index (χ3v) is 2.71. The standard InChI is InChI=1S/C11H11F4N3O/c12-6-3-8(9(16)17-4-6)10(19)18(7-1-2-7)5-11(13,14)15/h3-4,7H,1-2,5H2,(H2,16,17). The minimum atomic E-state index is -4.51. The molecule has 0 aromatic carbocycles. The molecule has 104 valence electrons. The van der Waals surface area contributed by atoms with Crippen LogP contribution < -0.4 is 5.73 Å². The fraction of sp³-hybridized carbons (Fsp3) is 0.455. The van der Waals surface area contributed by atoms with Gasteiger partial charge in [0.1, 0.15) is 18.2 Å². The van der Waals surface area contributed by atoms with E-state index in [9.17, 15) is 22.4 Å². The molecule has 0 saturated heterocycles. The summed E-state index contributed by atoms with van der Waals surface area (Å²) in [6.07, 6.45) is -2.69. The fourth-order valence-electron chi connectivity index (χ4n) is 1.72. The van der Waals surface area contributed by atoms with Gasteiger partial charge in [-0.1, -0.05) is 0 Å². The average Bonchev–Trinajstić information content (AvgIpc) is 3.11. The lowest BCUT2D eigenvalue weighted by Crippen LogP contribution is -2.40. The van der Waals surface area contributed by atoms with E-state index in [0.717, 1.165) is 12.3 Å². The third kappa shape index (κ3) is 3.33. The Labute approximate surface area is 106 Å². The van der Waals surface area contributed by atoms with Crippen LogP contribution in [-0.4, -0.2) is 34.6 Å². The van der Waals surface area contributed by atoms with E-state index in [1.165, 1.54) is 0 Å². The second kappa shape index (κ2) is 4.67. The van der Waals surface area contributed by atoms with Gasteiger partial charge in [-0.3, -0.25) is 4.79 Å². The Morgan fingerprint density at radius 1 is 1.47 bits per heavy atom. The first-order valence-electron chi connectivity index (χ1n) is 5.56. The molecule has 1 aromatic heterocycles. The Morgan fingerprint density at radius 2 is 2.11 bits per heavy atom. The maximum absolute atomic E-state index is 13.0. The number of hydrogen-bond acceptors (Lipinski definition) is 3. The highest BCUT2D eigenvalue weighted by Crippen LogP contribution is 2.32. The van der Waals surface area contributed by atoms with Crippen molar-refractivity contribution in [1.29, 1.82) is 0 Å². The van der Waals surface area contributed by atoms with E-state index in [-0.39, 0.29) is 11.4 Å². The summed E-state index contributed by atoms with van der Waals surface area (Å²) in [5.41, 5.74) is 5.07. The summed E-state index contributed by atoms with van der Waals surface area (Å²) in [5.74, 6) is -2.04. The molecule has 8 heteroatoms. The van der Waals surface area contributed by atoms with E-state index in [2.05, 4.69) is 4.98 Å². The number of carbonyl (C=O) groups is 1. The number of anilines is 1. The molecule has 1 saturated carbocycles. The normalized spacial score (nSPS) is 15.4. The summed E-state index contributed by atoms with van der Waals surface area (Å²) in [7, 11) is 0. The van der Waals surface area contributed by atoms with Gasteiger partial charge in [0.2, 0.25) is 0 Å². The maximum Gasteiger partial charge on any atom is 0.406 e. The Balaban J connectivity index is 2.26. The number of hydrogen-bond donors (Lipinski definition) is 1. The molecule has 0 bridgehead atoms. The molecule has 1 heterocycles. The van der Waals surface area contributed by atoms with Crippen molar-refractivity contribution in [3.8, 4) is 0 Å². The zero-order valence-corrected chi connectivity index (χ0v) is 9.75. The van der Waals surface area contributed by atoms with E-state index in [1.54, 1.807) is 0 Å². The highest BCUT2D eigenvalue weighted by atomic mass is 19.4. The first-order chi connectivity index (χ1) is 8.78. The topological polar surface area (TPSA) is 59.2 Å². The summed E-state index contributed by atoms with van der Waals surface area (Å²) < 4.78 is 50.3. The minimum absolute atomic E-state index is 0.278. The SMILES string of the molecule is Nc1ncc(F)cc1C(=O)N(CC(F)(F)F)C1CC1. The molecule has 1 aliphatic carbocycles. The summed E-state index contributed by atoms with van der Waals surface area (Å²) in [4.78, 5) is 16.1. The highest BCUT2D eigenvalue weighted by molar-refractivity contribution is 5.98. The number of halogens is 4. The van der Waals surface area contributed by atoms with Gasteiger partial charge in [-0.25, -0.2) is 9.37 Å².